The Balaban J connectivity index is 3.05. The lowest BCUT2D eigenvalue weighted by Crippen LogP contribution is -2.63. The van der Waals surface area contributed by atoms with E-state index in [1.54, 1.807) is 0 Å². The molecule has 3 N–H and O–H groups in total. The first-order valence-corrected chi connectivity index (χ1v) is 7.76. The third-order valence-corrected chi connectivity index (χ3v) is 4.78. The molecular weight excluding hydrogens is 250 g/mol. The topological polar surface area (TPSA) is 59.1 Å². The van der Waals surface area contributed by atoms with Crippen LogP contribution in [0.25, 0.3) is 0 Å². The molecule has 0 saturated heterocycles. The average Bonchev–Trinajstić information content (AvgIpc) is 2.88. The van der Waals surface area contributed by atoms with Gasteiger partial charge in [0.1, 0.15) is 5.82 Å². The number of aryl methyl sites for hydroxylation is 1. The average molecular weight is 281 g/mol. The number of rotatable bonds is 9. The number of hydrazine groups is 1. The summed E-state index contributed by atoms with van der Waals surface area (Å²) in [6.07, 6.45) is 6.83. The van der Waals surface area contributed by atoms with Crippen molar-refractivity contribution in [1.29, 1.82) is 0 Å². The van der Waals surface area contributed by atoms with Crippen LogP contribution in [0.3, 0.4) is 0 Å². The number of hydrogen-bond donors (Lipinski definition) is 2. The number of nitrogens with one attached hydrogen (secondary N) is 1. The lowest BCUT2D eigenvalue weighted by Gasteiger charge is -2.47. The van der Waals surface area contributed by atoms with Gasteiger partial charge in [-0.25, -0.2) is 4.98 Å². The van der Waals surface area contributed by atoms with E-state index in [1.807, 2.05) is 19.4 Å². The lowest BCUT2D eigenvalue weighted by atomic mass is 9.81. The fraction of sp³-hybridized carbons (Fsp3) is 0.800. The van der Waals surface area contributed by atoms with Gasteiger partial charge in [0, 0.05) is 37.4 Å². The van der Waals surface area contributed by atoms with Crippen LogP contribution in [0.5, 0.6) is 0 Å². The predicted octanol–water partition coefficient (Wildman–Crippen LogP) is 1.70. The Kier molecular flexibility index (Phi) is 6.65. The molecular formula is C15H31N5. The Morgan fingerprint density at radius 1 is 1.30 bits per heavy atom. The second-order valence-corrected chi connectivity index (χ2v) is 5.36. The van der Waals surface area contributed by atoms with Crippen molar-refractivity contribution >= 4 is 0 Å². The Hall–Kier alpha value is -0.910. The SMILES string of the molecule is CCN(CC)C(CC)(CC)C(Cc1nccn1C)NN. The van der Waals surface area contributed by atoms with Crippen LogP contribution in [-0.4, -0.2) is 39.1 Å². The van der Waals surface area contributed by atoms with Gasteiger partial charge in [-0.1, -0.05) is 27.7 Å². The highest BCUT2D eigenvalue weighted by atomic mass is 15.3. The zero-order chi connectivity index (χ0) is 15.2. The Labute approximate surface area is 123 Å². The molecule has 1 heterocycles. The number of aromatic nitrogens is 2. The van der Waals surface area contributed by atoms with E-state index in [4.69, 9.17) is 5.84 Å². The van der Waals surface area contributed by atoms with Gasteiger partial charge < -0.3 is 4.57 Å². The van der Waals surface area contributed by atoms with Crippen molar-refractivity contribution in [3.8, 4) is 0 Å². The van der Waals surface area contributed by atoms with Gasteiger partial charge in [0.15, 0.2) is 0 Å². The highest BCUT2D eigenvalue weighted by Crippen LogP contribution is 2.29. The Bertz CT molecular complexity index is 379. The molecule has 0 amide bonds. The van der Waals surface area contributed by atoms with Crippen LogP contribution in [0.4, 0.5) is 0 Å². The van der Waals surface area contributed by atoms with Gasteiger partial charge in [0.05, 0.1) is 0 Å². The number of nitrogens with zero attached hydrogens (tertiary/aromatic N) is 3. The molecule has 0 aliphatic rings. The highest BCUT2D eigenvalue weighted by Gasteiger charge is 2.39. The van der Waals surface area contributed by atoms with Crippen LogP contribution in [-0.2, 0) is 13.5 Å². The molecule has 1 unspecified atom stereocenters. The highest BCUT2D eigenvalue weighted by molar-refractivity contribution is 5.04. The molecule has 5 nitrogen and oxygen atoms in total. The number of imidazole rings is 1. The van der Waals surface area contributed by atoms with Gasteiger partial charge in [-0.05, 0) is 25.9 Å². The molecule has 116 valence electrons. The monoisotopic (exact) mass is 281 g/mol. The summed E-state index contributed by atoms with van der Waals surface area (Å²) in [4.78, 5) is 6.97. The molecule has 1 aromatic rings. The molecule has 20 heavy (non-hydrogen) atoms. The summed E-state index contributed by atoms with van der Waals surface area (Å²) in [5.74, 6) is 6.99. The first-order valence-electron chi connectivity index (χ1n) is 7.76. The fourth-order valence-corrected chi connectivity index (χ4v) is 3.44. The van der Waals surface area contributed by atoms with Crippen LogP contribution in [0, 0.1) is 0 Å². The summed E-state index contributed by atoms with van der Waals surface area (Å²) in [5.41, 5.74) is 3.14. The van der Waals surface area contributed by atoms with E-state index >= 15 is 0 Å². The smallest absolute Gasteiger partial charge is 0.110 e. The van der Waals surface area contributed by atoms with E-state index in [2.05, 4.69) is 47.6 Å². The molecule has 0 aliphatic heterocycles. The molecule has 0 saturated carbocycles. The summed E-state index contributed by atoms with van der Waals surface area (Å²) in [6.45, 7) is 11.0. The molecule has 1 atom stereocenters. The van der Waals surface area contributed by atoms with Crippen molar-refractivity contribution in [3.05, 3.63) is 18.2 Å². The fourth-order valence-electron chi connectivity index (χ4n) is 3.44. The van der Waals surface area contributed by atoms with E-state index < -0.39 is 0 Å². The van der Waals surface area contributed by atoms with Crippen LogP contribution >= 0.6 is 0 Å². The van der Waals surface area contributed by atoms with Crippen molar-refractivity contribution in [2.24, 2.45) is 12.9 Å². The largest absolute Gasteiger partial charge is 0.338 e. The molecule has 5 heteroatoms. The third-order valence-electron chi connectivity index (χ3n) is 4.78. The van der Waals surface area contributed by atoms with Crippen molar-refractivity contribution < 1.29 is 0 Å². The van der Waals surface area contributed by atoms with Crippen LogP contribution < -0.4 is 11.3 Å². The maximum atomic E-state index is 5.91. The summed E-state index contributed by atoms with van der Waals surface area (Å²) < 4.78 is 2.07. The second-order valence-electron chi connectivity index (χ2n) is 5.36. The summed E-state index contributed by atoms with van der Waals surface area (Å²) >= 11 is 0. The summed E-state index contributed by atoms with van der Waals surface area (Å²) in [5, 5.41) is 0. The lowest BCUT2D eigenvalue weighted by molar-refractivity contribution is 0.0483. The normalized spacial score (nSPS) is 13.9. The van der Waals surface area contributed by atoms with Crippen LogP contribution in [0.1, 0.15) is 46.4 Å². The molecule has 0 spiro atoms. The number of hydrogen-bond acceptors (Lipinski definition) is 4. The minimum Gasteiger partial charge on any atom is -0.338 e. The third kappa shape index (κ3) is 3.22. The molecule has 1 aromatic heterocycles. The first kappa shape index (κ1) is 17.1. The van der Waals surface area contributed by atoms with E-state index in [-0.39, 0.29) is 11.6 Å². The molecule has 0 aliphatic carbocycles. The van der Waals surface area contributed by atoms with E-state index in [0.29, 0.717) is 0 Å². The molecule has 0 fully saturated rings. The van der Waals surface area contributed by atoms with Crippen molar-refractivity contribution in [3.63, 3.8) is 0 Å². The van der Waals surface area contributed by atoms with Gasteiger partial charge in [-0.2, -0.15) is 0 Å². The van der Waals surface area contributed by atoms with E-state index in [0.717, 1.165) is 38.2 Å². The van der Waals surface area contributed by atoms with Crippen molar-refractivity contribution in [2.45, 2.75) is 58.5 Å². The van der Waals surface area contributed by atoms with Gasteiger partial charge in [-0.3, -0.25) is 16.2 Å². The van der Waals surface area contributed by atoms with Crippen LogP contribution in [0.2, 0.25) is 0 Å². The predicted molar refractivity (Wildman–Crippen MR) is 84.3 cm³/mol. The molecule has 1 rings (SSSR count). The molecule has 0 radical (unpaired) electrons. The first-order chi connectivity index (χ1) is 9.59. The zero-order valence-corrected chi connectivity index (χ0v) is 13.7. The molecule has 0 bridgehead atoms. The van der Waals surface area contributed by atoms with Gasteiger partial charge in [0.2, 0.25) is 0 Å². The minimum absolute atomic E-state index is 0.0736. The standard InChI is InChI=1S/C15H31N5/c1-6-15(7-2,20(8-3)9-4)13(18-16)12-14-17-10-11-19(14)5/h10-11,13,18H,6-9,12,16H2,1-5H3. The maximum absolute atomic E-state index is 5.91. The van der Waals surface area contributed by atoms with E-state index in [1.165, 1.54) is 0 Å². The summed E-state index contributed by atoms with van der Waals surface area (Å²) in [6, 6.07) is 0.193. The van der Waals surface area contributed by atoms with Crippen molar-refractivity contribution in [1.82, 2.24) is 19.9 Å². The minimum atomic E-state index is 0.0736. The maximum Gasteiger partial charge on any atom is 0.110 e. The van der Waals surface area contributed by atoms with Gasteiger partial charge >= 0.3 is 0 Å². The van der Waals surface area contributed by atoms with Gasteiger partial charge in [0.25, 0.3) is 0 Å². The zero-order valence-electron chi connectivity index (χ0n) is 13.7. The summed E-state index contributed by atoms with van der Waals surface area (Å²) in [7, 11) is 2.03. The quantitative estimate of drug-likeness (QED) is 0.534. The Morgan fingerprint density at radius 3 is 2.25 bits per heavy atom. The number of nitrogens with two attached hydrogens (primary N) is 1. The second kappa shape index (κ2) is 7.76. The van der Waals surface area contributed by atoms with Crippen molar-refractivity contribution in [2.75, 3.05) is 13.1 Å². The molecule has 0 aromatic carbocycles. The van der Waals surface area contributed by atoms with Crippen LogP contribution in [0.15, 0.2) is 12.4 Å². The number of likely N-dealkylation sites (N-methyl/N-ethyl adjacent to an activating group) is 1. The van der Waals surface area contributed by atoms with E-state index in [9.17, 15) is 0 Å². The Morgan fingerprint density at radius 2 is 1.90 bits per heavy atom. The van der Waals surface area contributed by atoms with Gasteiger partial charge in [-0.15, -0.1) is 0 Å².